The number of anilines is 1. The third-order valence-corrected chi connectivity index (χ3v) is 4.20. The number of hydrogen-bond donors (Lipinski definition) is 2. The number of carboxylic acids is 1. The van der Waals surface area contributed by atoms with Crippen LogP contribution in [0.4, 0.5) is 5.69 Å². The highest BCUT2D eigenvalue weighted by Crippen LogP contribution is 2.29. The van der Waals surface area contributed by atoms with Gasteiger partial charge in [0.2, 0.25) is 10.0 Å². The standard InChI is InChI=1S/C10H11NO4S/c12-10(13)7-2-1-3-8(6-7)11-16(14,15)9-4-5-9/h1-3,6,9,11H,4-5H2,(H,12,13). The van der Waals surface area contributed by atoms with E-state index in [1.54, 1.807) is 0 Å². The summed E-state index contributed by atoms with van der Waals surface area (Å²) in [7, 11) is -3.33. The second kappa shape index (κ2) is 3.79. The Hall–Kier alpha value is -1.56. The van der Waals surface area contributed by atoms with Crippen molar-refractivity contribution in [2.45, 2.75) is 18.1 Å². The number of carbonyl (C=O) groups is 1. The van der Waals surface area contributed by atoms with E-state index in [1.807, 2.05) is 0 Å². The molecule has 0 bridgehead atoms. The number of hydrogen-bond acceptors (Lipinski definition) is 3. The van der Waals surface area contributed by atoms with E-state index in [4.69, 9.17) is 5.11 Å². The highest BCUT2D eigenvalue weighted by molar-refractivity contribution is 7.93. The molecule has 0 heterocycles. The van der Waals surface area contributed by atoms with Crippen LogP contribution in [0.25, 0.3) is 0 Å². The lowest BCUT2D eigenvalue weighted by molar-refractivity contribution is 0.0697. The van der Waals surface area contributed by atoms with Crippen molar-refractivity contribution >= 4 is 21.7 Å². The van der Waals surface area contributed by atoms with Crippen molar-refractivity contribution in [3.63, 3.8) is 0 Å². The van der Waals surface area contributed by atoms with Crippen LogP contribution in [0.3, 0.4) is 0 Å². The molecule has 1 fully saturated rings. The van der Waals surface area contributed by atoms with Crippen molar-refractivity contribution in [1.29, 1.82) is 0 Å². The first-order valence-corrected chi connectivity index (χ1v) is 6.39. The Kier molecular flexibility index (Phi) is 2.59. The van der Waals surface area contributed by atoms with Gasteiger partial charge in [0.1, 0.15) is 0 Å². The van der Waals surface area contributed by atoms with Gasteiger partial charge in [-0.3, -0.25) is 4.72 Å². The minimum absolute atomic E-state index is 0.0657. The second-order valence-corrected chi connectivity index (χ2v) is 5.69. The molecule has 0 aromatic heterocycles. The van der Waals surface area contributed by atoms with Crippen molar-refractivity contribution in [2.75, 3.05) is 4.72 Å². The summed E-state index contributed by atoms with van der Waals surface area (Å²) in [6.07, 6.45) is 1.35. The summed E-state index contributed by atoms with van der Waals surface area (Å²) < 4.78 is 25.6. The van der Waals surface area contributed by atoms with E-state index in [1.165, 1.54) is 24.3 Å². The maximum atomic E-state index is 11.6. The summed E-state index contributed by atoms with van der Waals surface area (Å²) in [5, 5.41) is 8.43. The summed E-state index contributed by atoms with van der Waals surface area (Å²) in [6, 6.07) is 5.76. The highest BCUT2D eigenvalue weighted by Gasteiger charge is 2.35. The van der Waals surface area contributed by atoms with Gasteiger partial charge in [-0.1, -0.05) is 6.07 Å². The monoisotopic (exact) mass is 241 g/mol. The third-order valence-electron chi connectivity index (χ3n) is 2.33. The highest BCUT2D eigenvalue weighted by atomic mass is 32.2. The van der Waals surface area contributed by atoms with Crippen LogP contribution in [0.5, 0.6) is 0 Å². The zero-order valence-electron chi connectivity index (χ0n) is 8.38. The predicted octanol–water partition coefficient (Wildman–Crippen LogP) is 1.29. The molecule has 0 amide bonds. The number of aromatic carboxylic acids is 1. The lowest BCUT2D eigenvalue weighted by Crippen LogP contribution is -2.17. The molecule has 1 saturated carbocycles. The predicted molar refractivity (Wildman–Crippen MR) is 59.0 cm³/mol. The number of benzene rings is 1. The summed E-state index contributed by atoms with van der Waals surface area (Å²) in [6.45, 7) is 0. The Morgan fingerprint density at radius 2 is 2.06 bits per heavy atom. The second-order valence-electron chi connectivity index (χ2n) is 3.73. The fourth-order valence-corrected chi connectivity index (χ4v) is 2.72. The number of sulfonamides is 1. The van der Waals surface area contributed by atoms with Gasteiger partial charge in [0.05, 0.1) is 10.8 Å². The molecule has 0 atom stereocenters. The minimum atomic E-state index is -3.33. The quantitative estimate of drug-likeness (QED) is 0.832. The molecular formula is C10H11NO4S. The summed E-state index contributed by atoms with van der Waals surface area (Å²) in [4.78, 5) is 10.7. The number of carboxylic acid groups (broad SMARTS) is 1. The smallest absolute Gasteiger partial charge is 0.335 e. The SMILES string of the molecule is O=C(O)c1cccc(NS(=O)(=O)C2CC2)c1. The topological polar surface area (TPSA) is 83.5 Å². The molecule has 1 aliphatic rings. The van der Waals surface area contributed by atoms with E-state index in [9.17, 15) is 13.2 Å². The Balaban J connectivity index is 2.21. The Labute approximate surface area is 93.2 Å². The zero-order chi connectivity index (χ0) is 11.8. The van der Waals surface area contributed by atoms with Crippen molar-refractivity contribution in [2.24, 2.45) is 0 Å². The van der Waals surface area contributed by atoms with Crippen LogP contribution in [0.15, 0.2) is 24.3 Å². The molecule has 2 rings (SSSR count). The molecule has 0 radical (unpaired) electrons. The average Bonchev–Trinajstić information content (AvgIpc) is 3.00. The van der Waals surface area contributed by atoms with Gasteiger partial charge < -0.3 is 5.11 Å². The van der Waals surface area contributed by atoms with Crippen LogP contribution >= 0.6 is 0 Å². The van der Waals surface area contributed by atoms with Gasteiger partial charge in [-0.25, -0.2) is 13.2 Å². The van der Waals surface area contributed by atoms with Crippen molar-refractivity contribution < 1.29 is 18.3 Å². The molecule has 0 saturated heterocycles. The lowest BCUT2D eigenvalue weighted by Gasteiger charge is -2.07. The molecule has 0 aliphatic heterocycles. The fraction of sp³-hybridized carbons (Fsp3) is 0.300. The Morgan fingerprint density at radius 1 is 1.38 bits per heavy atom. The number of nitrogens with one attached hydrogen (secondary N) is 1. The van der Waals surface area contributed by atoms with Crippen LogP contribution in [-0.2, 0) is 10.0 Å². The summed E-state index contributed by atoms with van der Waals surface area (Å²) >= 11 is 0. The first-order valence-electron chi connectivity index (χ1n) is 4.84. The van der Waals surface area contributed by atoms with Crippen molar-refractivity contribution in [1.82, 2.24) is 0 Å². The molecule has 5 nitrogen and oxygen atoms in total. The van der Waals surface area contributed by atoms with Crippen LogP contribution < -0.4 is 4.72 Å². The van der Waals surface area contributed by atoms with Crippen molar-refractivity contribution in [3.8, 4) is 0 Å². The molecular weight excluding hydrogens is 230 g/mol. The molecule has 1 aliphatic carbocycles. The van der Waals surface area contributed by atoms with Crippen LogP contribution in [0.2, 0.25) is 0 Å². The molecule has 16 heavy (non-hydrogen) atoms. The first kappa shape index (κ1) is 10.9. The van der Waals surface area contributed by atoms with Gasteiger partial charge in [-0.15, -0.1) is 0 Å². The third kappa shape index (κ3) is 2.33. The molecule has 1 aromatic carbocycles. The summed E-state index contributed by atoms with van der Waals surface area (Å²) in [5.41, 5.74) is 0.364. The van der Waals surface area contributed by atoms with E-state index in [2.05, 4.69) is 4.72 Å². The normalized spacial score (nSPS) is 15.8. The van der Waals surface area contributed by atoms with Crippen LogP contribution in [0.1, 0.15) is 23.2 Å². The Morgan fingerprint density at radius 3 is 2.62 bits per heavy atom. The molecule has 1 aromatic rings. The van der Waals surface area contributed by atoms with E-state index in [-0.39, 0.29) is 10.8 Å². The van der Waals surface area contributed by atoms with Crippen LogP contribution in [0, 0.1) is 0 Å². The molecule has 6 heteroatoms. The molecule has 0 spiro atoms. The van der Waals surface area contributed by atoms with E-state index in [0.717, 1.165) is 0 Å². The fourth-order valence-electron chi connectivity index (χ4n) is 1.34. The largest absolute Gasteiger partial charge is 0.478 e. The van der Waals surface area contributed by atoms with Crippen LogP contribution in [-0.4, -0.2) is 24.7 Å². The van der Waals surface area contributed by atoms with Gasteiger partial charge >= 0.3 is 5.97 Å². The van der Waals surface area contributed by atoms with Crippen molar-refractivity contribution in [3.05, 3.63) is 29.8 Å². The van der Waals surface area contributed by atoms with Gasteiger partial charge in [0.25, 0.3) is 0 Å². The average molecular weight is 241 g/mol. The minimum Gasteiger partial charge on any atom is -0.478 e. The number of rotatable bonds is 4. The molecule has 0 unspecified atom stereocenters. The van der Waals surface area contributed by atoms with Gasteiger partial charge in [0, 0.05) is 5.69 Å². The van der Waals surface area contributed by atoms with Gasteiger partial charge in [0.15, 0.2) is 0 Å². The van der Waals surface area contributed by atoms with E-state index < -0.39 is 16.0 Å². The Bertz CT molecular complexity index is 519. The maximum Gasteiger partial charge on any atom is 0.335 e. The first-order chi connectivity index (χ1) is 7.49. The summed E-state index contributed by atoms with van der Waals surface area (Å²) in [5.74, 6) is -1.08. The molecule has 86 valence electrons. The van der Waals surface area contributed by atoms with E-state index in [0.29, 0.717) is 18.5 Å². The zero-order valence-corrected chi connectivity index (χ0v) is 9.20. The van der Waals surface area contributed by atoms with E-state index >= 15 is 0 Å². The van der Waals surface area contributed by atoms with Gasteiger partial charge in [-0.2, -0.15) is 0 Å². The van der Waals surface area contributed by atoms with Gasteiger partial charge in [-0.05, 0) is 31.0 Å². The maximum absolute atomic E-state index is 11.6. The molecule has 2 N–H and O–H groups in total. The lowest BCUT2D eigenvalue weighted by atomic mass is 10.2.